The summed E-state index contributed by atoms with van der Waals surface area (Å²) in [6.45, 7) is 5.78. The molecule has 0 bridgehead atoms. The minimum Gasteiger partial charge on any atom is -0.453 e. The first-order valence-corrected chi connectivity index (χ1v) is 11.2. The first-order chi connectivity index (χ1) is 14.0. The fourth-order valence-electron chi connectivity index (χ4n) is 5.43. The van der Waals surface area contributed by atoms with Crippen LogP contribution in [0.15, 0.2) is 12.2 Å². The van der Waals surface area contributed by atoms with Crippen molar-refractivity contribution in [1.82, 2.24) is 0 Å². The van der Waals surface area contributed by atoms with Crippen LogP contribution < -0.4 is 0 Å². The Bertz CT molecular complexity index is 650. The summed E-state index contributed by atoms with van der Waals surface area (Å²) in [5, 5.41) is 0. The maximum atomic E-state index is 12.4. The molecule has 5 atom stereocenters. The maximum Gasteiger partial charge on any atom is 0.333 e. The lowest BCUT2D eigenvalue weighted by atomic mass is 9.94. The maximum absolute atomic E-state index is 12.4. The molecular weight excluding hydrogens is 376 g/mol. The topological polar surface area (TPSA) is 72.5 Å². The molecule has 0 N–H and O–H groups in total. The third-order valence-corrected chi connectivity index (χ3v) is 6.95. The summed E-state index contributed by atoms with van der Waals surface area (Å²) in [7, 11) is 0. The molecule has 2 saturated carbocycles. The van der Waals surface area contributed by atoms with E-state index in [-0.39, 0.29) is 6.10 Å². The van der Waals surface area contributed by atoms with E-state index in [1.807, 2.05) is 0 Å². The van der Waals surface area contributed by atoms with Gasteiger partial charge in [-0.05, 0) is 32.6 Å². The zero-order valence-corrected chi connectivity index (χ0v) is 17.2. The van der Waals surface area contributed by atoms with E-state index in [0.717, 1.165) is 51.4 Å². The van der Waals surface area contributed by atoms with E-state index in [9.17, 15) is 4.79 Å². The Hall–Kier alpha value is -0.990. The Labute approximate surface area is 172 Å². The smallest absolute Gasteiger partial charge is 0.333 e. The lowest BCUT2D eigenvalue weighted by Crippen LogP contribution is -2.46. The number of esters is 1. The minimum absolute atomic E-state index is 0.309. The van der Waals surface area contributed by atoms with E-state index in [2.05, 4.69) is 6.58 Å². The van der Waals surface area contributed by atoms with Crippen LogP contribution >= 0.6 is 0 Å². The average molecular weight is 408 g/mol. The third-order valence-electron chi connectivity index (χ3n) is 6.95. The van der Waals surface area contributed by atoms with Crippen molar-refractivity contribution in [2.45, 2.75) is 113 Å². The van der Waals surface area contributed by atoms with Gasteiger partial charge < -0.3 is 28.4 Å². The average Bonchev–Trinajstić information content (AvgIpc) is 3.36. The Morgan fingerprint density at radius 2 is 1.55 bits per heavy atom. The van der Waals surface area contributed by atoms with Crippen LogP contribution in [0, 0.1) is 0 Å². The number of rotatable bonds is 3. The quantitative estimate of drug-likeness (QED) is 0.524. The van der Waals surface area contributed by atoms with E-state index in [0.29, 0.717) is 12.2 Å². The minimum atomic E-state index is -0.607. The van der Waals surface area contributed by atoms with Crippen molar-refractivity contribution in [3.8, 4) is 0 Å². The molecule has 0 unspecified atom stereocenters. The van der Waals surface area contributed by atoms with Crippen LogP contribution in [0.4, 0.5) is 0 Å². The number of hydrogen-bond donors (Lipinski definition) is 0. The van der Waals surface area contributed by atoms with Gasteiger partial charge in [-0.3, -0.25) is 0 Å². The van der Waals surface area contributed by atoms with Crippen LogP contribution in [0.2, 0.25) is 0 Å². The first kappa shape index (κ1) is 19.9. The molecule has 0 aromatic rings. The second kappa shape index (κ2) is 7.61. The van der Waals surface area contributed by atoms with Gasteiger partial charge in [0.1, 0.15) is 12.2 Å². The molecule has 3 aliphatic heterocycles. The Morgan fingerprint density at radius 3 is 2.21 bits per heavy atom. The molecule has 5 fully saturated rings. The van der Waals surface area contributed by atoms with Gasteiger partial charge in [0.25, 0.3) is 0 Å². The SMILES string of the molecule is C=C(C)C(=O)O[C@@H]1[C@H]2OC3(CCCCC3)O[C@H]2O[C@@H]1[C@H]1COC2(CCCCC2)O1. The molecule has 0 radical (unpaired) electrons. The van der Waals surface area contributed by atoms with Gasteiger partial charge in [-0.15, -0.1) is 0 Å². The zero-order chi connectivity index (χ0) is 20.1. The van der Waals surface area contributed by atoms with Crippen molar-refractivity contribution in [2.75, 3.05) is 6.61 Å². The van der Waals surface area contributed by atoms with Crippen molar-refractivity contribution >= 4 is 5.97 Å². The van der Waals surface area contributed by atoms with Crippen molar-refractivity contribution in [2.24, 2.45) is 0 Å². The van der Waals surface area contributed by atoms with Crippen LogP contribution in [0.3, 0.4) is 0 Å². The van der Waals surface area contributed by atoms with E-state index in [4.69, 9.17) is 28.4 Å². The second-order valence-electron chi connectivity index (χ2n) is 9.23. The van der Waals surface area contributed by atoms with Crippen LogP contribution in [0.1, 0.15) is 71.1 Å². The van der Waals surface area contributed by atoms with Gasteiger partial charge in [-0.25, -0.2) is 4.79 Å². The van der Waals surface area contributed by atoms with E-state index in [1.54, 1.807) is 6.92 Å². The highest BCUT2D eigenvalue weighted by molar-refractivity contribution is 5.87. The summed E-state index contributed by atoms with van der Waals surface area (Å²) in [5.74, 6) is -1.56. The first-order valence-electron chi connectivity index (χ1n) is 11.2. The van der Waals surface area contributed by atoms with E-state index in [1.165, 1.54) is 12.8 Å². The van der Waals surface area contributed by atoms with Gasteiger partial charge in [0.15, 0.2) is 30.1 Å². The van der Waals surface area contributed by atoms with Crippen molar-refractivity contribution in [3.05, 3.63) is 12.2 Å². The van der Waals surface area contributed by atoms with E-state index >= 15 is 0 Å². The number of carbonyl (C=O) groups excluding carboxylic acids is 1. The molecule has 7 heteroatoms. The summed E-state index contributed by atoms with van der Waals surface area (Å²) in [4.78, 5) is 12.4. The molecule has 162 valence electrons. The normalized spacial score (nSPS) is 40.2. The predicted octanol–water partition coefficient (Wildman–Crippen LogP) is 3.35. The standard InChI is InChI=1S/C22H32O7/c1-14(2)19(23)25-17-16(15-13-24-21(27-15)9-5-3-6-10-21)26-20-18(17)28-22(29-20)11-7-4-8-12-22/h15-18,20H,1,3-13H2,2H3/t15-,16-,17+,18-,20-/m1/s1. The number of ether oxygens (including phenoxy) is 6. The summed E-state index contributed by atoms with van der Waals surface area (Å²) in [6, 6.07) is 0. The summed E-state index contributed by atoms with van der Waals surface area (Å²) >= 11 is 0. The van der Waals surface area contributed by atoms with Crippen LogP contribution in [-0.4, -0.2) is 54.9 Å². The van der Waals surface area contributed by atoms with Crippen LogP contribution in [0.25, 0.3) is 0 Å². The van der Waals surface area contributed by atoms with Gasteiger partial charge in [-0.1, -0.05) is 19.4 Å². The van der Waals surface area contributed by atoms with Crippen LogP contribution in [0.5, 0.6) is 0 Å². The summed E-state index contributed by atoms with van der Waals surface area (Å²) in [5.41, 5.74) is 0.353. The van der Waals surface area contributed by atoms with E-state index < -0.39 is 42.1 Å². The predicted molar refractivity (Wildman–Crippen MR) is 102 cm³/mol. The molecule has 5 aliphatic rings. The lowest BCUT2D eigenvalue weighted by molar-refractivity contribution is -0.261. The molecule has 2 aliphatic carbocycles. The molecule has 2 spiro atoms. The van der Waals surface area contributed by atoms with Gasteiger partial charge in [0.05, 0.1) is 6.61 Å². The molecule has 0 amide bonds. The fourth-order valence-corrected chi connectivity index (χ4v) is 5.43. The second-order valence-corrected chi connectivity index (χ2v) is 9.23. The van der Waals surface area contributed by atoms with Crippen molar-refractivity contribution in [3.63, 3.8) is 0 Å². The van der Waals surface area contributed by atoms with Crippen LogP contribution in [-0.2, 0) is 33.2 Å². The summed E-state index contributed by atoms with van der Waals surface area (Å²) < 4.78 is 37.2. The molecule has 5 rings (SSSR count). The molecule has 29 heavy (non-hydrogen) atoms. The Balaban J connectivity index is 1.33. The Kier molecular flexibility index (Phi) is 5.23. The van der Waals surface area contributed by atoms with Gasteiger partial charge >= 0.3 is 5.97 Å². The Morgan fingerprint density at radius 1 is 0.897 bits per heavy atom. The lowest BCUT2D eigenvalue weighted by Gasteiger charge is -2.35. The molecule has 7 nitrogen and oxygen atoms in total. The largest absolute Gasteiger partial charge is 0.453 e. The summed E-state index contributed by atoms with van der Waals surface area (Å²) in [6.07, 6.45) is 7.86. The van der Waals surface area contributed by atoms with Gasteiger partial charge in [0, 0.05) is 31.3 Å². The number of carbonyl (C=O) groups is 1. The number of hydrogen-bond acceptors (Lipinski definition) is 7. The zero-order valence-electron chi connectivity index (χ0n) is 17.2. The molecular formula is C22H32O7. The highest BCUT2D eigenvalue weighted by Gasteiger charge is 2.62. The number of fused-ring (bicyclic) bond motifs is 1. The highest BCUT2D eigenvalue weighted by Crippen LogP contribution is 2.48. The molecule has 3 heterocycles. The van der Waals surface area contributed by atoms with Gasteiger partial charge in [0.2, 0.25) is 0 Å². The third kappa shape index (κ3) is 3.65. The highest BCUT2D eigenvalue weighted by atomic mass is 16.9. The fraction of sp³-hybridized carbons (Fsp3) is 0.864. The molecule has 0 aromatic heterocycles. The monoisotopic (exact) mass is 408 g/mol. The molecule has 3 saturated heterocycles. The molecule has 0 aromatic carbocycles. The van der Waals surface area contributed by atoms with Crippen molar-refractivity contribution in [1.29, 1.82) is 0 Å². The van der Waals surface area contributed by atoms with Gasteiger partial charge in [-0.2, -0.15) is 0 Å². The van der Waals surface area contributed by atoms with Crippen molar-refractivity contribution < 1.29 is 33.2 Å².